The molecule has 1 fully saturated rings. The van der Waals surface area contributed by atoms with Gasteiger partial charge in [0.25, 0.3) is 0 Å². The minimum Gasteiger partial charge on any atom is -0.258 e. The molecule has 0 aromatic rings. The molecular formula is C8H8F7N2O3+. The zero-order valence-electron chi connectivity index (χ0n) is 9.59. The highest BCUT2D eigenvalue weighted by molar-refractivity contribution is 4.86. The zero-order chi connectivity index (χ0) is 16.0. The number of nitroso groups, excluding NO2 is 1. The maximum absolute atomic E-state index is 13.2. The van der Waals surface area contributed by atoms with Crippen LogP contribution >= 0.6 is 0 Å². The Labute approximate surface area is 106 Å². The highest BCUT2D eigenvalue weighted by atomic mass is 19.4. The molecule has 0 atom stereocenters. The lowest BCUT2D eigenvalue weighted by Crippen LogP contribution is -2.63. The summed E-state index contributed by atoms with van der Waals surface area (Å²) in [7, 11) is 0. The second-order valence-corrected chi connectivity index (χ2v) is 4.35. The Bertz CT molecular complexity index is 428. The SMILES string of the molecule is O=[N+]([O-])C1([N+](=O)C(F)(F)C(F)(F)C(F)(F)F)CCCC1. The summed E-state index contributed by atoms with van der Waals surface area (Å²) >= 11 is 0. The Morgan fingerprint density at radius 1 is 0.900 bits per heavy atom. The molecule has 0 saturated heterocycles. The summed E-state index contributed by atoms with van der Waals surface area (Å²) in [4.78, 5) is 20.4. The maximum atomic E-state index is 13.2. The van der Waals surface area contributed by atoms with Crippen LogP contribution in [0.4, 0.5) is 30.7 Å². The van der Waals surface area contributed by atoms with Crippen LogP contribution in [-0.2, 0) is 0 Å². The summed E-state index contributed by atoms with van der Waals surface area (Å²) < 4.78 is 85.6. The van der Waals surface area contributed by atoms with Crippen LogP contribution in [0.25, 0.3) is 0 Å². The molecule has 0 radical (unpaired) electrons. The monoisotopic (exact) mass is 313 g/mol. The number of hydrogen-bond acceptors (Lipinski definition) is 3. The third-order valence-electron chi connectivity index (χ3n) is 3.11. The second kappa shape index (κ2) is 4.52. The van der Waals surface area contributed by atoms with Gasteiger partial charge in [-0.05, 0) is 12.8 Å². The summed E-state index contributed by atoms with van der Waals surface area (Å²) in [5, 5.41) is 10.7. The lowest BCUT2D eigenvalue weighted by atomic mass is 10.1. The van der Waals surface area contributed by atoms with E-state index in [9.17, 15) is 45.8 Å². The lowest BCUT2D eigenvalue weighted by molar-refractivity contribution is -0.892. The van der Waals surface area contributed by atoms with Crippen molar-refractivity contribution in [2.75, 3.05) is 0 Å². The van der Waals surface area contributed by atoms with E-state index in [1.807, 2.05) is 0 Å². The lowest BCUT2D eigenvalue weighted by Gasteiger charge is -2.24. The highest BCUT2D eigenvalue weighted by Gasteiger charge is 2.87. The number of alkyl halides is 7. The quantitative estimate of drug-likeness (QED) is 0.200. The number of nitrogens with zero attached hydrogens (tertiary/aromatic N) is 2. The van der Waals surface area contributed by atoms with Crippen LogP contribution in [-0.4, -0.2) is 33.5 Å². The summed E-state index contributed by atoms with van der Waals surface area (Å²) in [5.74, 6) is -6.70. The first kappa shape index (κ1) is 16.6. The average molecular weight is 313 g/mol. The standard InChI is InChI=1S/C8H8F7N2O3/c9-6(10,7(11,12)13)8(14,15)16(18)5(17(19)20)3-1-2-4-5/h1-4H2/q+1. The fourth-order valence-electron chi connectivity index (χ4n) is 1.96. The summed E-state index contributed by atoms with van der Waals surface area (Å²) in [5.41, 5.74) is -3.17. The third kappa shape index (κ3) is 2.10. The van der Waals surface area contributed by atoms with Crippen molar-refractivity contribution < 1.29 is 40.4 Å². The van der Waals surface area contributed by atoms with E-state index in [0.29, 0.717) is 0 Å². The Morgan fingerprint density at radius 3 is 1.60 bits per heavy atom. The van der Waals surface area contributed by atoms with Crippen molar-refractivity contribution in [1.82, 2.24) is 0 Å². The first-order chi connectivity index (χ1) is 8.81. The molecule has 1 aliphatic carbocycles. The van der Waals surface area contributed by atoms with Gasteiger partial charge in [-0.2, -0.15) is 22.0 Å². The molecule has 0 aromatic heterocycles. The molecule has 5 nitrogen and oxygen atoms in total. The van der Waals surface area contributed by atoms with Gasteiger partial charge in [-0.3, -0.25) is 10.1 Å². The fraction of sp³-hybridized carbons (Fsp3) is 1.00. The van der Waals surface area contributed by atoms with Gasteiger partial charge < -0.3 is 0 Å². The van der Waals surface area contributed by atoms with Crippen molar-refractivity contribution in [2.45, 2.75) is 49.5 Å². The predicted octanol–water partition coefficient (Wildman–Crippen LogP) is 3.10. The van der Waals surface area contributed by atoms with Gasteiger partial charge in [0.1, 0.15) is 4.76 Å². The van der Waals surface area contributed by atoms with Gasteiger partial charge in [0.05, 0.1) is 17.8 Å². The van der Waals surface area contributed by atoms with Gasteiger partial charge in [-0.15, -0.1) is 8.78 Å². The van der Waals surface area contributed by atoms with Crippen molar-refractivity contribution in [3.63, 3.8) is 0 Å². The number of hydrogen-bond donors (Lipinski definition) is 0. The Kier molecular flexibility index (Phi) is 3.74. The molecule has 20 heavy (non-hydrogen) atoms. The van der Waals surface area contributed by atoms with Crippen molar-refractivity contribution >= 4 is 0 Å². The van der Waals surface area contributed by atoms with Gasteiger partial charge in [0.2, 0.25) is 0 Å². The minimum atomic E-state index is -6.71. The largest absolute Gasteiger partial charge is 0.582 e. The molecule has 1 rings (SSSR count). The van der Waals surface area contributed by atoms with Crippen LogP contribution in [0.1, 0.15) is 25.7 Å². The molecule has 0 aromatic carbocycles. The van der Waals surface area contributed by atoms with E-state index in [0.717, 1.165) is 0 Å². The van der Waals surface area contributed by atoms with Crippen LogP contribution in [0.15, 0.2) is 0 Å². The van der Waals surface area contributed by atoms with Crippen LogP contribution in [0.5, 0.6) is 0 Å². The van der Waals surface area contributed by atoms with Crippen molar-refractivity contribution in [2.24, 2.45) is 0 Å². The van der Waals surface area contributed by atoms with Crippen molar-refractivity contribution in [3.05, 3.63) is 15.0 Å². The van der Waals surface area contributed by atoms with Crippen molar-refractivity contribution in [3.8, 4) is 0 Å². The molecule has 1 saturated carbocycles. The van der Waals surface area contributed by atoms with Crippen molar-refractivity contribution in [1.29, 1.82) is 0 Å². The van der Waals surface area contributed by atoms with Gasteiger partial charge in [0.15, 0.2) is 0 Å². The van der Waals surface area contributed by atoms with Crippen LogP contribution < -0.4 is 0 Å². The van der Waals surface area contributed by atoms with E-state index in [-0.39, 0.29) is 12.8 Å². The molecule has 0 amide bonds. The van der Waals surface area contributed by atoms with Crippen LogP contribution in [0, 0.1) is 15.0 Å². The first-order valence-corrected chi connectivity index (χ1v) is 5.25. The van der Waals surface area contributed by atoms with Crippen LogP contribution in [0.3, 0.4) is 0 Å². The normalized spacial score (nSPS) is 19.9. The summed E-state index contributed by atoms with van der Waals surface area (Å²) in [6.07, 6.45) is -8.57. The average Bonchev–Trinajstić information content (AvgIpc) is 2.76. The smallest absolute Gasteiger partial charge is 0.258 e. The van der Waals surface area contributed by atoms with E-state index < -0.39 is 46.3 Å². The molecule has 0 bridgehead atoms. The minimum absolute atomic E-state index is 0.104. The first-order valence-electron chi connectivity index (χ1n) is 5.25. The van der Waals surface area contributed by atoms with Gasteiger partial charge in [-0.25, -0.2) is 0 Å². The van der Waals surface area contributed by atoms with E-state index in [1.54, 1.807) is 0 Å². The number of rotatable bonds is 4. The van der Waals surface area contributed by atoms with E-state index in [4.69, 9.17) is 0 Å². The molecule has 0 heterocycles. The van der Waals surface area contributed by atoms with E-state index >= 15 is 0 Å². The summed E-state index contributed by atoms with van der Waals surface area (Å²) in [6, 6.07) is -6.28. The molecule has 0 aliphatic heterocycles. The highest BCUT2D eigenvalue weighted by Crippen LogP contribution is 2.50. The molecule has 12 heteroatoms. The fourth-order valence-corrected chi connectivity index (χ4v) is 1.96. The predicted molar refractivity (Wildman–Crippen MR) is 47.8 cm³/mol. The molecule has 0 spiro atoms. The Morgan fingerprint density at radius 2 is 1.30 bits per heavy atom. The molecule has 116 valence electrons. The molecule has 0 N–H and O–H groups in total. The second-order valence-electron chi connectivity index (χ2n) is 4.35. The Balaban J connectivity index is 3.27. The number of halogens is 7. The van der Waals surface area contributed by atoms with Crippen LogP contribution in [0.2, 0.25) is 0 Å². The zero-order valence-corrected chi connectivity index (χ0v) is 9.59. The topological polar surface area (TPSA) is 63.2 Å². The van der Waals surface area contributed by atoms with E-state index in [1.165, 1.54) is 0 Å². The molecule has 1 aliphatic rings. The van der Waals surface area contributed by atoms with Gasteiger partial charge in [0, 0.05) is 4.91 Å². The molecular weight excluding hydrogens is 305 g/mol. The molecule has 0 unspecified atom stereocenters. The number of nitro groups is 1. The third-order valence-corrected chi connectivity index (χ3v) is 3.11. The summed E-state index contributed by atoms with van der Waals surface area (Å²) in [6.45, 7) is 0. The maximum Gasteiger partial charge on any atom is 0.582 e. The Hall–Kier alpha value is -1.49. The van der Waals surface area contributed by atoms with Gasteiger partial charge >= 0.3 is 23.8 Å². The van der Waals surface area contributed by atoms with E-state index in [2.05, 4.69) is 0 Å². The van der Waals surface area contributed by atoms with Gasteiger partial charge in [-0.1, -0.05) is 0 Å².